The Morgan fingerprint density at radius 1 is 0.286 bits per heavy atom. The van der Waals surface area contributed by atoms with Gasteiger partial charge in [0.15, 0.2) is 0 Å². The Labute approximate surface area is 406 Å². The topological polar surface area (TPSA) is 13.1 Å². The van der Waals surface area contributed by atoms with E-state index in [4.69, 9.17) is 0 Å². The third kappa shape index (κ3) is 5.65. The SMILES string of the molecule is c1ccc(-c2cc3c4c(c2)-n2c5ccccc5c5cccc(c52)B4c2cc4c(cc2N3c2c(-c3ccccc3)cccc2-c2ccccc2)c2cc(-c3ccccc3)ccc2n4-c2ccccc2)cc1. The molecule has 15 rings (SSSR count). The van der Waals surface area contributed by atoms with Crippen molar-refractivity contribution in [3.63, 3.8) is 0 Å². The van der Waals surface area contributed by atoms with Gasteiger partial charge in [0.05, 0.1) is 22.2 Å². The number of para-hydroxylation sites is 4. The molecule has 324 valence electrons. The second-order valence-electron chi connectivity index (χ2n) is 18.8. The van der Waals surface area contributed by atoms with Crippen molar-refractivity contribution >= 4 is 83.8 Å². The van der Waals surface area contributed by atoms with Gasteiger partial charge in [0.25, 0.3) is 6.71 Å². The first-order chi connectivity index (χ1) is 34.8. The molecule has 0 unspecified atom stereocenters. The van der Waals surface area contributed by atoms with E-state index in [-0.39, 0.29) is 6.71 Å². The number of hydrogen-bond donors (Lipinski definition) is 0. The van der Waals surface area contributed by atoms with Crippen molar-refractivity contribution in [3.05, 3.63) is 255 Å². The summed E-state index contributed by atoms with van der Waals surface area (Å²) < 4.78 is 5.07. The molecule has 70 heavy (non-hydrogen) atoms. The van der Waals surface area contributed by atoms with Gasteiger partial charge in [0.2, 0.25) is 0 Å². The van der Waals surface area contributed by atoms with Crippen LogP contribution < -0.4 is 21.3 Å². The lowest BCUT2D eigenvalue weighted by Gasteiger charge is -2.42. The molecule has 11 aromatic carbocycles. The van der Waals surface area contributed by atoms with Crippen LogP contribution in [0.1, 0.15) is 0 Å². The molecule has 0 bridgehead atoms. The zero-order chi connectivity index (χ0) is 45.9. The molecule has 0 atom stereocenters. The summed E-state index contributed by atoms with van der Waals surface area (Å²) in [7, 11) is 0. The Balaban J connectivity index is 1.15. The second-order valence-corrected chi connectivity index (χ2v) is 18.8. The third-order valence-corrected chi connectivity index (χ3v) is 15.1. The van der Waals surface area contributed by atoms with Crippen LogP contribution in [0, 0.1) is 0 Å². The van der Waals surface area contributed by atoms with Crippen molar-refractivity contribution in [2.24, 2.45) is 0 Å². The molecule has 4 heteroatoms. The molecule has 0 amide bonds. The highest BCUT2D eigenvalue weighted by atomic mass is 15.2. The molecule has 0 spiro atoms. The zero-order valence-electron chi connectivity index (χ0n) is 38.2. The van der Waals surface area contributed by atoms with Gasteiger partial charge in [-0.15, -0.1) is 0 Å². The van der Waals surface area contributed by atoms with E-state index < -0.39 is 0 Å². The van der Waals surface area contributed by atoms with Crippen LogP contribution in [0.5, 0.6) is 0 Å². The standard InChI is InChI=1S/C66H42BN3/c1-6-20-43(21-7-1)47-36-37-59-54(38-47)55-41-61-57(42-60(55)68(59)49-28-14-5-15-29-49)67-56-34-19-33-53-52-30-16-17-35-58(52)69(66(53)56)62-39-48(44-22-8-2-9-23-44)40-63(64(62)67)70(61)65-50(45-24-10-3-11-25-45)31-18-32-51(65)46-26-12-4-13-27-46/h1-42H. The molecule has 0 radical (unpaired) electrons. The molecular formula is C66H42BN3. The van der Waals surface area contributed by atoms with Crippen LogP contribution in [0.25, 0.3) is 99.5 Å². The van der Waals surface area contributed by atoms with Crippen molar-refractivity contribution in [2.75, 3.05) is 4.90 Å². The van der Waals surface area contributed by atoms with Gasteiger partial charge in [-0.2, -0.15) is 0 Å². The van der Waals surface area contributed by atoms with Crippen LogP contribution in [0.3, 0.4) is 0 Å². The lowest BCUT2D eigenvalue weighted by molar-refractivity contribution is 1.17. The second kappa shape index (κ2) is 15.2. The summed E-state index contributed by atoms with van der Waals surface area (Å²) in [6.07, 6.45) is 0. The number of aromatic nitrogens is 2. The summed E-state index contributed by atoms with van der Waals surface area (Å²) in [6.45, 7) is -0.0721. The van der Waals surface area contributed by atoms with Crippen molar-refractivity contribution in [3.8, 4) is 55.9 Å². The van der Waals surface area contributed by atoms with Crippen LogP contribution in [-0.2, 0) is 0 Å². The average molecular weight is 888 g/mol. The number of hydrogen-bond acceptors (Lipinski definition) is 1. The average Bonchev–Trinajstić information content (AvgIpc) is 3.96. The largest absolute Gasteiger partial charge is 0.310 e. The zero-order valence-corrected chi connectivity index (χ0v) is 38.2. The molecule has 13 aromatic rings. The predicted molar refractivity (Wildman–Crippen MR) is 296 cm³/mol. The monoisotopic (exact) mass is 887 g/mol. The van der Waals surface area contributed by atoms with E-state index in [2.05, 4.69) is 269 Å². The molecule has 2 aliphatic rings. The van der Waals surface area contributed by atoms with E-state index in [1.165, 1.54) is 122 Å². The van der Waals surface area contributed by atoms with E-state index in [0.29, 0.717) is 0 Å². The quantitative estimate of drug-likeness (QED) is 0.152. The number of benzene rings is 11. The van der Waals surface area contributed by atoms with Gasteiger partial charge in [0.1, 0.15) is 0 Å². The van der Waals surface area contributed by atoms with Crippen LogP contribution in [-0.4, -0.2) is 15.8 Å². The number of nitrogens with zero attached hydrogens (tertiary/aromatic N) is 3. The molecular weight excluding hydrogens is 846 g/mol. The van der Waals surface area contributed by atoms with Crippen molar-refractivity contribution in [2.45, 2.75) is 0 Å². The smallest absolute Gasteiger partial charge is 0.252 e. The normalized spacial score (nSPS) is 12.5. The molecule has 0 fully saturated rings. The first kappa shape index (κ1) is 38.9. The Morgan fingerprint density at radius 3 is 1.51 bits per heavy atom. The molecule has 3 nitrogen and oxygen atoms in total. The highest BCUT2D eigenvalue weighted by molar-refractivity contribution is 7.00. The third-order valence-electron chi connectivity index (χ3n) is 15.1. The van der Waals surface area contributed by atoms with Crippen LogP contribution in [0.15, 0.2) is 255 Å². The van der Waals surface area contributed by atoms with Gasteiger partial charge < -0.3 is 14.0 Å². The van der Waals surface area contributed by atoms with Gasteiger partial charge in [-0.05, 0) is 104 Å². The van der Waals surface area contributed by atoms with Gasteiger partial charge in [0, 0.05) is 60.9 Å². The Morgan fingerprint density at radius 2 is 0.829 bits per heavy atom. The van der Waals surface area contributed by atoms with E-state index in [9.17, 15) is 0 Å². The fraction of sp³-hybridized carbons (Fsp3) is 0. The lowest BCUT2D eigenvalue weighted by Crippen LogP contribution is -2.60. The summed E-state index contributed by atoms with van der Waals surface area (Å²) in [4.78, 5) is 2.66. The number of fused-ring (bicyclic) bond motifs is 10. The van der Waals surface area contributed by atoms with Gasteiger partial charge >= 0.3 is 0 Å². The number of anilines is 3. The maximum atomic E-state index is 2.66. The van der Waals surface area contributed by atoms with E-state index in [1.807, 2.05) is 0 Å². The van der Waals surface area contributed by atoms with E-state index in [0.717, 1.165) is 11.4 Å². The predicted octanol–water partition coefficient (Wildman–Crippen LogP) is 15.2. The van der Waals surface area contributed by atoms with Gasteiger partial charge in [-0.25, -0.2) is 0 Å². The Kier molecular flexibility index (Phi) is 8.45. The van der Waals surface area contributed by atoms with Crippen LogP contribution in [0.2, 0.25) is 0 Å². The maximum absolute atomic E-state index is 2.66. The van der Waals surface area contributed by atoms with Gasteiger partial charge in [-0.3, -0.25) is 0 Å². The van der Waals surface area contributed by atoms with E-state index in [1.54, 1.807) is 0 Å². The van der Waals surface area contributed by atoms with Crippen LogP contribution in [0.4, 0.5) is 17.1 Å². The summed E-state index contributed by atoms with van der Waals surface area (Å²) in [5.41, 5.74) is 24.1. The lowest BCUT2D eigenvalue weighted by atomic mass is 9.33. The van der Waals surface area contributed by atoms with Crippen molar-refractivity contribution in [1.29, 1.82) is 0 Å². The van der Waals surface area contributed by atoms with Gasteiger partial charge in [-0.1, -0.05) is 200 Å². The Hall–Kier alpha value is -9.12. The summed E-state index contributed by atoms with van der Waals surface area (Å²) >= 11 is 0. The summed E-state index contributed by atoms with van der Waals surface area (Å²) in [5, 5.41) is 4.98. The Bertz CT molecular complexity index is 4160. The molecule has 0 saturated carbocycles. The summed E-state index contributed by atoms with van der Waals surface area (Å²) in [6, 6.07) is 94.6. The summed E-state index contributed by atoms with van der Waals surface area (Å²) in [5.74, 6) is 0. The molecule has 2 aliphatic heterocycles. The fourth-order valence-electron chi connectivity index (χ4n) is 12.1. The minimum absolute atomic E-state index is 0.0721. The fourth-order valence-corrected chi connectivity index (χ4v) is 12.1. The highest BCUT2D eigenvalue weighted by Gasteiger charge is 2.44. The molecule has 0 N–H and O–H groups in total. The number of rotatable bonds is 6. The first-order valence-electron chi connectivity index (χ1n) is 24.3. The molecule has 2 aromatic heterocycles. The molecule has 4 heterocycles. The van der Waals surface area contributed by atoms with Crippen molar-refractivity contribution < 1.29 is 0 Å². The van der Waals surface area contributed by atoms with Crippen molar-refractivity contribution in [1.82, 2.24) is 9.13 Å². The minimum Gasteiger partial charge on any atom is -0.310 e. The molecule has 0 aliphatic carbocycles. The first-order valence-corrected chi connectivity index (χ1v) is 24.3. The molecule has 0 saturated heterocycles. The van der Waals surface area contributed by atoms with E-state index >= 15 is 0 Å². The highest BCUT2D eigenvalue weighted by Crippen LogP contribution is 2.51. The maximum Gasteiger partial charge on any atom is 0.252 e. The van der Waals surface area contributed by atoms with Crippen LogP contribution >= 0.6 is 0 Å². The minimum atomic E-state index is -0.0721.